The number of nitrogens with one attached hydrogen (secondary N) is 2. The van der Waals surface area contributed by atoms with Gasteiger partial charge in [0.05, 0.1) is 15.7 Å². The molecule has 216 valence electrons. The second-order valence-electron chi connectivity index (χ2n) is 10.3. The average molecular weight is 594 g/mol. The second-order valence-corrected chi connectivity index (χ2v) is 13.1. The van der Waals surface area contributed by atoms with Crippen molar-refractivity contribution in [2.24, 2.45) is 7.05 Å². The highest BCUT2D eigenvalue weighted by Gasteiger charge is 2.27. The predicted octanol–water partition coefficient (Wildman–Crippen LogP) is 4.33. The lowest BCUT2D eigenvalue weighted by Gasteiger charge is -2.26. The minimum absolute atomic E-state index is 0.0155. The first-order chi connectivity index (χ1) is 18.7. The molecule has 1 aromatic heterocycles. The number of aryl methyl sites for hydroxylation is 1. The Morgan fingerprint density at radius 3 is 2.30 bits per heavy atom. The van der Waals surface area contributed by atoms with Gasteiger partial charge in [0.25, 0.3) is 5.56 Å². The van der Waals surface area contributed by atoms with E-state index in [1.54, 1.807) is 13.2 Å². The number of halogens is 2. The van der Waals surface area contributed by atoms with E-state index in [2.05, 4.69) is 9.44 Å². The van der Waals surface area contributed by atoms with Crippen molar-refractivity contribution in [2.45, 2.75) is 51.3 Å². The fourth-order valence-corrected chi connectivity index (χ4v) is 5.26. The molecular weight excluding hydrogens is 560 g/mol. The van der Waals surface area contributed by atoms with Crippen molar-refractivity contribution in [1.82, 2.24) is 14.0 Å². The third-order valence-electron chi connectivity index (χ3n) is 6.30. The van der Waals surface area contributed by atoms with Gasteiger partial charge in [-0.25, -0.2) is 26.6 Å². The van der Waals surface area contributed by atoms with Crippen LogP contribution in [0, 0.1) is 11.6 Å². The van der Waals surface area contributed by atoms with Gasteiger partial charge in [0.15, 0.2) is 5.78 Å². The quantitative estimate of drug-likeness (QED) is 0.226. The monoisotopic (exact) mass is 593 g/mol. The number of ketones is 1. The summed E-state index contributed by atoms with van der Waals surface area (Å²) >= 11 is -2.29. The van der Waals surface area contributed by atoms with Gasteiger partial charge in [0.2, 0.25) is 11.3 Å². The molecule has 0 aliphatic heterocycles. The summed E-state index contributed by atoms with van der Waals surface area (Å²) < 4.78 is 68.1. The lowest BCUT2D eigenvalue weighted by molar-refractivity contribution is 0.103. The van der Waals surface area contributed by atoms with Gasteiger partial charge in [-0.15, -0.1) is 0 Å². The van der Waals surface area contributed by atoms with E-state index in [9.17, 15) is 22.4 Å². The Bertz CT molecular complexity index is 1500. The zero-order valence-corrected chi connectivity index (χ0v) is 24.6. The zero-order valence-electron chi connectivity index (χ0n) is 22.9. The number of carbonyl (C=O) groups excluding carboxylic acids is 1. The number of pyridine rings is 1. The summed E-state index contributed by atoms with van der Waals surface area (Å²) in [6, 6.07) is 8.29. The molecule has 3 aromatic rings. The molecule has 12 heteroatoms. The van der Waals surface area contributed by atoms with Crippen LogP contribution in [-0.2, 0) is 35.7 Å². The molecule has 0 spiro atoms. The third kappa shape index (κ3) is 7.64. The molecule has 3 atom stereocenters. The van der Waals surface area contributed by atoms with Crippen molar-refractivity contribution in [3.63, 3.8) is 0 Å². The second kappa shape index (κ2) is 13.2. The predicted molar refractivity (Wildman–Crippen MR) is 153 cm³/mol. The highest BCUT2D eigenvalue weighted by atomic mass is 32.2. The molecule has 3 rings (SSSR count). The van der Waals surface area contributed by atoms with Gasteiger partial charge >= 0.3 is 0 Å². The Balaban J connectivity index is 2.28. The van der Waals surface area contributed by atoms with Crippen LogP contribution in [0.5, 0.6) is 0 Å². The molecule has 0 aliphatic rings. The first-order valence-corrected chi connectivity index (χ1v) is 14.8. The summed E-state index contributed by atoms with van der Waals surface area (Å²) in [4.78, 5) is 26.4. The van der Waals surface area contributed by atoms with E-state index < -0.39 is 50.5 Å². The number of nitrogens with zero attached hydrogens (tertiary/aromatic N) is 1. The number of hydrogen-bond acceptors (Lipinski definition) is 4. The zero-order chi connectivity index (χ0) is 29.8. The maximum Gasteiger partial charge on any atom is 0.250 e. The van der Waals surface area contributed by atoms with E-state index in [0.29, 0.717) is 23.1 Å². The van der Waals surface area contributed by atoms with Crippen molar-refractivity contribution >= 4 is 28.0 Å². The third-order valence-corrected chi connectivity index (χ3v) is 8.36. The summed E-state index contributed by atoms with van der Waals surface area (Å²) in [6.07, 6.45) is 2.02. The molecule has 0 bridgehead atoms. The highest BCUT2D eigenvalue weighted by molar-refractivity contribution is 7.84. The normalized spacial score (nSPS) is 14.1. The van der Waals surface area contributed by atoms with Crippen LogP contribution in [0.1, 0.15) is 67.2 Å². The van der Waals surface area contributed by atoms with Crippen LogP contribution in [0.25, 0.3) is 11.1 Å². The van der Waals surface area contributed by atoms with Gasteiger partial charge in [-0.1, -0.05) is 6.92 Å². The number of benzene rings is 2. The molecule has 8 nitrogen and oxygen atoms in total. The number of rotatable bonds is 11. The van der Waals surface area contributed by atoms with Crippen LogP contribution in [0.15, 0.2) is 53.5 Å². The molecule has 2 aromatic carbocycles. The lowest BCUT2D eigenvalue weighted by atomic mass is 9.88. The minimum atomic E-state index is -2.29. The molecular formula is C28H33F2N3O5S2. The molecule has 1 heterocycles. The summed E-state index contributed by atoms with van der Waals surface area (Å²) in [5.41, 5.74) is 1.19. The van der Waals surface area contributed by atoms with Crippen LogP contribution in [0.4, 0.5) is 8.78 Å². The van der Waals surface area contributed by atoms with Crippen molar-refractivity contribution in [3.8, 4) is 11.1 Å². The molecule has 40 heavy (non-hydrogen) atoms. The van der Waals surface area contributed by atoms with Gasteiger partial charge in [-0.3, -0.25) is 14.1 Å². The van der Waals surface area contributed by atoms with E-state index in [1.165, 1.54) is 28.8 Å². The molecule has 0 amide bonds. The van der Waals surface area contributed by atoms with Crippen LogP contribution in [-0.4, -0.2) is 34.6 Å². The van der Waals surface area contributed by atoms with Crippen LogP contribution < -0.4 is 15.0 Å². The van der Waals surface area contributed by atoms with Crippen molar-refractivity contribution in [1.29, 1.82) is 0 Å². The summed E-state index contributed by atoms with van der Waals surface area (Å²) in [5, 5.41) is 0. The van der Waals surface area contributed by atoms with E-state index >= 15 is 4.39 Å². The number of carbonyl (C=O) groups is 1. The van der Waals surface area contributed by atoms with E-state index in [4.69, 9.17) is 4.55 Å². The first kappa shape index (κ1) is 31.6. The van der Waals surface area contributed by atoms with Crippen LogP contribution in [0.3, 0.4) is 0 Å². The van der Waals surface area contributed by atoms with Gasteiger partial charge < -0.3 is 4.57 Å². The summed E-state index contributed by atoms with van der Waals surface area (Å²) in [6.45, 7) is 7.28. The smallest absolute Gasteiger partial charge is 0.250 e. The summed E-state index contributed by atoms with van der Waals surface area (Å²) in [5.74, 6) is -1.80. The maximum atomic E-state index is 15.3. The standard InChI is InChI=1S/C28H33F2N3O5S2/c1-6-25(32-39(36)28(2,3)4)21-15-26(34)33(5)16-23(21)20-13-18(11-12-31-40(37)38)24(30)14-22(20)27(35)17-7-9-19(29)10-8-17/h7-10,13-16,25,31-32H,6,11-12H2,1-5H3,(H,37,38)/t25-,39-/m0/s1. The summed E-state index contributed by atoms with van der Waals surface area (Å²) in [7, 11) is 0.0558. The van der Waals surface area contributed by atoms with Gasteiger partial charge in [-0.2, -0.15) is 0 Å². The largest absolute Gasteiger partial charge is 0.318 e. The van der Waals surface area contributed by atoms with Gasteiger partial charge in [-0.05, 0) is 86.7 Å². The van der Waals surface area contributed by atoms with Crippen molar-refractivity contribution < 1.29 is 26.5 Å². The number of aromatic nitrogens is 1. The topological polar surface area (TPSA) is 118 Å². The van der Waals surface area contributed by atoms with Crippen molar-refractivity contribution in [2.75, 3.05) is 6.54 Å². The average Bonchev–Trinajstić information content (AvgIpc) is 2.88. The lowest BCUT2D eigenvalue weighted by Crippen LogP contribution is -2.36. The van der Waals surface area contributed by atoms with Crippen molar-refractivity contribution in [3.05, 3.63) is 92.9 Å². The highest BCUT2D eigenvalue weighted by Crippen LogP contribution is 2.35. The van der Waals surface area contributed by atoms with Gasteiger partial charge in [0.1, 0.15) is 11.6 Å². The molecule has 0 saturated heterocycles. The van der Waals surface area contributed by atoms with E-state index in [1.807, 2.05) is 27.7 Å². The number of hydrogen-bond donors (Lipinski definition) is 3. The minimum Gasteiger partial charge on any atom is -0.318 e. The fourth-order valence-electron chi connectivity index (χ4n) is 4.08. The Morgan fingerprint density at radius 1 is 1.07 bits per heavy atom. The molecule has 0 fully saturated rings. The Labute approximate surface area is 237 Å². The fraction of sp³-hybridized carbons (Fsp3) is 0.357. The van der Waals surface area contributed by atoms with E-state index in [0.717, 1.165) is 18.2 Å². The van der Waals surface area contributed by atoms with Crippen LogP contribution in [0.2, 0.25) is 0 Å². The molecule has 0 saturated carbocycles. The molecule has 0 aliphatic carbocycles. The Morgan fingerprint density at radius 2 is 1.73 bits per heavy atom. The molecule has 1 unspecified atom stereocenters. The first-order valence-electron chi connectivity index (χ1n) is 12.6. The molecule has 0 radical (unpaired) electrons. The SMILES string of the molecule is CC[C@H](N[S@@](=O)C(C)(C)C)c1cc(=O)n(C)cc1-c1cc(CCNS(=O)O)c(F)cc1C(=O)c1ccc(F)cc1. The molecule has 3 N–H and O–H groups in total. The van der Waals surface area contributed by atoms with Gasteiger partial charge in [0, 0.05) is 48.6 Å². The Hall–Kier alpha value is -2.90. The van der Waals surface area contributed by atoms with Crippen LogP contribution >= 0.6 is 0 Å². The maximum absolute atomic E-state index is 15.3. The van der Waals surface area contributed by atoms with E-state index in [-0.39, 0.29) is 35.2 Å². The Kier molecular flexibility index (Phi) is 10.4.